The van der Waals surface area contributed by atoms with Gasteiger partial charge < -0.3 is 20.7 Å². The van der Waals surface area contributed by atoms with E-state index in [1.165, 1.54) is 10.9 Å². The van der Waals surface area contributed by atoms with E-state index in [4.69, 9.17) is 4.74 Å². The molecule has 1 saturated carbocycles. The predicted molar refractivity (Wildman–Crippen MR) is 140 cm³/mol. The standard InChI is InChI=1S/C27H25N7O4/c1-32-15-21(27(37)34(32)19-5-3-2-4-6-19)26(36)28-18-9-11-20(12-10-18)38-24-14-13-23-29-22(16-33(23)31-24)30-25(35)17-7-8-17/h2-6,9-17,23,29H,7-8H2,1H3,(H,28,36)(H,30,35). The lowest BCUT2D eigenvalue weighted by Gasteiger charge is -2.22. The molecule has 3 heterocycles. The van der Waals surface area contributed by atoms with Gasteiger partial charge in [-0.25, -0.2) is 9.69 Å². The zero-order chi connectivity index (χ0) is 26.2. The molecule has 192 valence electrons. The summed E-state index contributed by atoms with van der Waals surface area (Å²) in [7, 11) is 1.71. The van der Waals surface area contributed by atoms with Crippen molar-refractivity contribution in [2.45, 2.75) is 19.0 Å². The Labute approximate surface area is 217 Å². The van der Waals surface area contributed by atoms with Gasteiger partial charge in [0.25, 0.3) is 11.5 Å². The molecular formula is C27H25N7O4. The second-order valence-electron chi connectivity index (χ2n) is 9.22. The highest BCUT2D eigenvalue weighted by molar-refractivity contribution is 6.04. The van der Waals surface area contributed by atoms with Crippen LogP contribution >= 0.6 is 0 Å². The van der Waals surface area contributed by atoms with Crippen molar-refractivity contribution in [1.82, 2.24) is 25.0 Å². The minimum atomic E-state index is -0.502. The summed E-state index contributed by atoms with van der Waals surface area (Å²) in [4.78, 5) is 37.7. The molecular weight excluding hydrogens is 486 g/mol. The van der Waals surface area contributed by atoms with Gasteiger partial charge in [0.1, 0.15) is 23.3 Å². The summed E-state index contributed by atoms with van der Waals surface area (Å²) in [5, 5.41) is 15.0. The van der Waals surface area contributed by atoms with E-state index >= 15 is 0 Å². The number of aromatic nitrogens is 2. The zero-order valence-electron chi connectivity index (χ0n) is 20.5. The van der Waals surface area contributed by atoms with Crippen LogP contribution in [0, 0.1) is 5.92 Å². The summed E-state index contributed by atoms with van der Waals surface area (Å²) in [6, 6.07) is 15.9. The average Bonchev–Trinajstić information content (AvgIpc) is 3.63. The third kappa shape index (κ3) is 4.69. The fraction of sp³-hybridized carbons (Fsp3) is 0.185. The summed E-state index contributed by atoms with van der Waals surface area (Å²) in [6.45, 7) is 0. The Morgan fingerprint density at radius 1 is 1.05 bits per heavy atom. The van der Waals surface area contributed by atoms with Gasteiger partial charge in [-0.15, -0.1) is 5.10 Å². The van der Waals surface area contributed by atoms with Crippen LogP contribution in [0.2, 0.25) is 0 Å². The maximum absolute atomic E-state index is 12.9. The van der Waals surface area contributed by atoms with E-state index in [2.05, 4.69) is 21.1 Å². The van der Waals surface area contributed by atoms with Crippen molar-refractivity contribution < 1.29 is 14.3 Å². The summed E-state index contributed by atoms with van der Waals surface area (Å²) in [5.41, 5.74) is 0.817. The van der Waals surface area contributed by atoms with Crippen molar-refractivity contribution in [3.8, 4) is 11.4 Å². The molecule has 3 aliphatic rings. The van der Waals surface area contributed by atoms with Crippen LogP contribution in [0.5, 0.6) is 5.75 Å². The molecule has 11 nitrogen and oxygen atoms in total. The number of benzene rings is 2. The highest BCUT2D eigenvalue weighted by Gasteiger charge is 2.32. The lowest BCUT2D eigenvalue weighted by atomic mass is 10.2. The molecule has 2 aliphatic heterocycles. The smallest absolute Gasteiger partial charge is 0.284 e. The van der Waals surface area contributed by atoms with E-state index in [0.29, 0.717) is 28.8 Å². The molecule has 3 N–H and O–H groups in total. The molecule has 2 amide bonds. The normalized spacial score (nSPS) is 17.7. The second kappa shape index (κ2) is 9.43. The maximum atomic E-state index is 12.9. The van der Waals surface area contributed by atoms with E-state index in [1.807, 2.05) is 24.3 Å². The van der Waals surface area contributed by atoms with Crippen LogP contribution in [0.25, 0.3) is 5.69 Å². The van der Waals surface area contributed by atoms with E-state index in [-0.39, 0.29) is 23.6 Å². The number of nitrogens with one attached hydrogen (secondary N) is 3. The molecule has 1 aromatic heterocycles. The Morgan fingerprint density at radius 2 is 1.82 bits per heavy atom. The van der Waals surface area contributed by atoms with Crippen molar-refractivity contribution in [1.29, 1.82) is 0 Å². The quantitative estimate of drug-likeness (QED) is 0.467. The number of ether oxygens (including phenoxy) is 1. The van der Waals surface area contributed by atoms with Crippen molar-refractivity contribution >= 4 is 23.4 Å². The molecule has 0 spiro atoms. The van der Waals surface area contributed by atoms with Crippen LogP contribution in [0.1, 0.15) is 23.2 Å². The Balaban J connectivity index is 1.09. The van der Waals surface area contributed by atoms with Gasteiger partial charge in [-0.3, -0.25) is 19.1 Å². The van der Waals surface area contributed by atoms with Gasteiger partial charge in [0.15, 0.2) is 0 Å². The van der Waals surface area contributed by atoms with Crippen molar-refractivity contribution in [2.75, 3.05) is 5.32 Å². The highest BCUT2D eigenvalue weighted by atomic mass is 16.5. The topological polar surface area (TPSA) is 122 Å². The summed E-state index contributed by atoms with van der Waals surface area (Å²) >= 11 is 0. The minimum absolute atomic E-state index is 0.0225. The van der Waals surface area contributed by atoms with Gasteiger partial charge in [-0.05, 0) is 55.3 Å². The number of hydrazone groups is 1. The van der Waals surface area contributed by atoms with Crippen molar-refractivity contribution in [3.05, 3.63) is 101 Å². The fourth-order valence-corrected chi connectivity index (χ4v) is 4.23. The number of para-hydroxylation sites is 1. The SMILES string of the molecule is Cn1cc(C(=O)Nc2ccc(OC3=NN4C=C(NC(=O)C5CC5)NC4C=C3)cc2)c(=O)n1-c1ccccc1. The molecule has 0 radical (unpaired) electrons. The number of anilines is 1. The van der Waals surface area contributed by atoms with E-state index in [0.717, 1.165) is 12.8 Å². The number of carbonyl (C=O) groups excluding carboxylic acids is 2. The van der Waals surface area contributed by atoms with Gasteiger partial charge in [0, 0.05) is 30.9 Å². The zero-order valence-corrected chi connectivity index (χ0v) is 20.5. The van der Waals surface area contributed by atoms with E-state index in [1.54, 1.807) is 65.4 Å². The second-order valence-corrected chi connectivity index (χ2v) is 9.22. The molecule has 11 heteroatoms. The first kappa shape index (κ1) is 23.3. The van der Waals surface area contributed by atoms with Gasteiger partial charge in [0.05, 0.1) is 11.9 Å². The monoisotopic (exact) mass is 511 g/mol. The van der Waals surface area contributed by atoms with Crippen molar-refractivity contribution in [2.24, 2.45) is 18.1 Å². The predicted octanol–water partition coefficient (Wildman–Crippen LogP) is 2.25. The summed E-state index contributed by atoms with van der Waals surface area (Å²) in [6.07, 6.45) is 8.54. The lowest BCUT2D eigenvalue weighted by Crippen LogP contribution is -2.38. The van der Waals surface area contributed by atoms with Crippen molar-refractivity contribution in [3.63, 3.8) is 0 Å². The van der Waals surface area contributed by atoms with Crippen LogP contribution in [-0.4, -0.2) is 38.3 Å². The number of nitrogens with zero attached hydrogens (tertiary/aromatic N) is 4. The minimum Gasteiger partial charge on any atom is -0.438 e. The van der Waals surface area contributed by atoms with Gasteiger partial charge in [-0.2, -0.15) is 0 Å². The number of aryl methyl sites for hydroxylation is 1. The maximum Gasteiger partial charge on any atom is 0.284 e. The Hall–Kier alpha value is -5.06. The molecule has 1 unspecified atom stereocenters. The Kier molecular flexibility index (Phi) is 5.79. The Morgan fingerprint density at radius 3 is 2.55 bits per heavy atom. The Bertz CT molecular complexity index is 1550. The summed E-state index contributed by atoms with van der Waals surface area (Å²) in [5.74, 6) is 1.13. The molecule has 3 aromatic rings. The van der Waals surface area contributed by atoms with Crippen LogP contribution in [0.3, 0.4) is 0 Å². The molecule has 6 rings (SSSR count). The van der Waals surface area contributed by atoms with Crippen LogP contribution in [0.4, 0.5) is 5.69 Å². The molecule has 1 fully saturated rings. The first-order valence-corrected chi connectivity index (χ1v) is 12.2. The number of rotatable bonds is 6. The summed E-state index contributed by atoms with van der Waals surface area (Å²) < 4.78 is 8.89. The number of hydrogen-bond donors (Lipinski definition) is 3. The van der Waals surface area contributed by atoms with Crippen LogP contribution < -0.4 is 26.2 Å². The number of fused-ring (bicyclic) bond motifs is 1. The van der Waals surface area contributed by atoms with Crippen LogP contribution in [0.15, 0.2) is 94.9 Å². The van der Waals surface area contributed by atoms with Crippen LogP contribution in [-0.2, 0) is 11.8 Å². The first-order valence-electron chi connectivity index (χ1n) is 12.2. The molecule has 1 aliphatic carbocycles. The van der Waals surface area contributed by atoms with Gasteiger partial charge >= 0.3 is 0 Å². The van der Waals surface area contributed by atoms with Gasteiger partial charge in [0.2, 0.25) is 11.8 Å². The number of hydrogen-bond acceptors (Lipinski definition) is 7. The fourth-order valence-electron chi connectivity index (χ4n) is 4.23. The highest BCUT2D eigenvalue weighted by Crippen LogP contribution is 2.29. The molecule has 38 heavy (non-hydrogen) atoms. The molecule has 0 saturated heterocycles. The largest absolute Gasteiger partial charge is 0.438 e. The third-order valence-electron chi connectivity index (χ3n) is 6.33. The number of amides is 2. The van der Waals surface area contributed by atoms with E-state index < -0.39 is 11.5 Å². The van der Waals surface area contributed by atoms with E-state index in [9.17, 15) is 14.4 Å². The average molecular weight is 512 g/mol. The lowest BCUT2D eigenvalue weighted by molar-refractivity contribution is -0.121. The first-order chi connectivity index (χ1) is 18.4. The molecule has 2 aromatic carbocycles. The van der Waals surface area contributed by atoms with Gasteiger partial charge in [-0.1, -0.05) is 18.2 Å². The molecule has 0 bridgehead atoms. The number of carbonyl (C=O) groups is 2. The third-order valence-corrected chi connectivity index (χ3v) is 6.33. The molecule has 1 atom stereocenters.